The lowest BCUT2D eigenvalue weighted by Gasteiger charge is -2.10. The molecule has 1 aromatic rings. The number of guanidine groups is 1. The molecule has 1 rings (SSSR count). The molecule has 0 saturated carbocycles. The van der Waals surface area contributed by atoms with Gasteiger partial charge in [-0.05, 0) is 25.1 Å². The molecule has 0 amide bonds. The Hall–Kier alpha value is -2.09. The van der Waals surface area contributed by atoms with Crippen LogP contribution < -0.4 is 10.0 Å². The SMILES string of the molecule is CC/N=C(\NC)NS(=O)(=O)c1cccc(C(=O)O)c1. The van der Waals surface area contributed by atoms with E-state index in [1.807, 2.05) is 0 Å². The summed E-state index contributed by atoms with van der Waals surface area (Å²) < 4.78 is 26.3. The number of aromatic carboxylic acids is 1. The predicted octanol–water partition coefficient (Wildman–Crippen LogP) is 0.258. The number of sulfonamides is 1. The number of benzene rings is 1. The Morgan fingerprint density at radius 1 is 1.42 bits per heavy atom. The number of aliphatic imine (C=N–C) groups is 1. The molecule has 0 aliphatic carbocycles. The molecule has 0 heterocycles. The average molecular weight is 285 g/mol. The van der Waals surface area contributed by atoms with Crippen LogP contribution in [0.3, 0.4) is 0 Å². The second kappa shape index (κ2) is 6.19. The average Bonchev–Trinajstić information content (AvgIpc) is 2.38. The highest BCUT2D eigenvalue weighted by molar-refractivity contribution is 7.90. The van der Waals surface area contributed by atoms with E-state index in [9.17, 15) is 13.2 Å². The Morgan fingerprint density at radius 2 is 2.11 bits per heavy atom. The third kappa shape index (κ3) is 3.95. The van der Waals surface area contributed by atoms with Gasteiger partial charge in [0.1, 0.15) is 0 Å². The van der Waals surface area contributed by atoms with Gasteiger partial charge in [-0.1, -0.05) is 6.07 Å². The largest absolute Gasteiger partial charge is 0.478 e. The van der Waals surface area contributed by atoms with E-state index in [1.165, 1.54) is 25.2 Å². The first-order chi connectivity index (χ1) is 8.90. The summed E-state index contributed by atoms with van der Waals surface area (Å²) in [7, 11) is -2.32. The summed E-state index contributed by atoms with van der Waals surface area (Å²) in [5.41, 5.74) is -0.0960. The van der Waals surface area contributed by atoms with Crippen LogP contribution in [0.25, 0.3) is 0 Å². The van der Waals surface area contributed by atoms with Crippen molar-refractivity contribution in [3.8, 4) is 0 Å². The second-order valence-electron chi connectivity index (χ2n) is 3.51. The van der Waals surface area contributed by atoms with Crippen molar-refractivity contribution in [2.24, 2.45) is 4.99 Å². The minimum Gasteiger partial charge on any atom is -0.478 e. The highest BCUT2D eigenvalue weighted by atomic mass is 32.2. The standard InChI is InChI=1S/C11H15N3O4S/c1-3-13-11(12-2)14-19(17,18)9-6-4-5-8(7-9)10(15)16/h4-7H,3H2,1-2H3,(H,15,16)(H2,12,13,14). The van der Waals surface area contributed by atoms with E-state index in [1.54, 1.807) is 6.92 Å². The van der Waals surface area contributed by atoms with E-state index in [0.717, 1.165) is 6.07 Å². The summed E-state index contributed by atoms with van der Waals surface area (Å²) >= 11 is 0. The smallest absolute Gasteiger partial charge is 0.335 e. The third-order valence-corrected chi connectivity index (χ3v) is 3.51. The van der Waals surface area contributed by atoms with Crippen LogP contribution in [0, 0.1) is 0 Å². The molecule has 0 atom stereocenters. The van der Waals surface area contributed by atoms with E-state index in [4.69, 9.17) is 5.11 Å². The van der Waals surface area contributed by atoms with Crippen molar-refractivity contribution in [3.05, 3.63) is 29.8 Å². The molecule has 0 aromatic heterocycles. The number of nitrogens with zero attached hydrogens (tertiary/aromatic N) is 1. The molecular formula is C11H15N3O4S. The topological polar surface area (TPSA) is 108 Å². The van der Waals surface area contributed by atoms with E-state index in [0.29, 0.717) is 6.54 Å². The number of carboxylic acids is 1. The van der Waals surface area contributed by atoms with Gasteiger partial charge in [-0.25, -0.2) is 17.9 Å². The van der Waals surface area contributed by atoms with Gasteiger partial charge in [0.15, 0.2) is 0 Å². The van der Waals surface area contributed by atoms with E-state index in [2.05, 4.69) is 15.0 Å². The van der Waals surface area contributed by atoms with Gasteiger partial charge >= 0.3 is 5.97 Å². The molecule has 0 unspecified atom stereocenters. The number of rotatable bonds is 4. The molecule has 19 heavy (non-hydrogen) atoms. The first-order valence-corrected chi connectivity index (χ1v) is 6.97. The molecule has 0 spiro atoms. The number of nitrogens with one attached hydrogen (secondary N) is 2. The summed E-state index contributed by atoms with van der Waals surface area (Å²) in [6.07, 6.45) is 0. The van der Waals surface area contributed by atoms with Crippen LogP contribution in [-0.2, 0) is 10.0 Å². The van der Waals surface area contributed by atoms with Crippen molar-refractivity contribution in [2.75, 3.05) is 13.6 Å². The fourth-order valence-corrected chi connectivity index (χ4v) is 2.38. The van der Waals surface area contributed by atoms with E-state index < -0.39 is 16.0 Å². The Morgan fingerprint density at radius 3 is 2.63 bits per heavy atom. The van der Waals surface area contributed by atoms with E-state index in [-0.39, 0.29) is 16.4 Å². The second-order valence-corrected chi connectivity index (χ2v) is 5.19. The summed E-state index contributed by atoms with van der Waals surface area (Å²) in [4.78, 5) is 14.6. The first-order valence-electron chi connectivity index (χ1n) is 5.49. The minimum absolute atomic E-state index is 0.0960. The summed E-state index contributed by atoms with van der Waals surface area (Å²) in [5, 5.41) is 11.4. The molecule has 0 radical (unpaired) electrons. The van der Waals surface area contributed by atoms with Crippen molar-refractivity contribution < 1.29 is 18.3 Å². The van der Waals surface area contributed by atoms with Crippen molar-refractivity contribution in [1.82, 2.24) is 10.0 Å². The lowest BCUT2D eigenvalue weighted by Crippen LogP contribution is -2.39. The molecule has 1 aromatic carbocycles. The van der Waals surface area contributed by atoms with Gasteiger partial charge in [-0.3, -0.25) is 4.99 Å². The molecule has 7 nitrogen and oxygen atoms in total. The Balaban J connectivity index is 3.10. The Bertz CT molecular complexity index is 596. The van der Waals surface area contributed by atoms with Crippen LogP contribution in [0.2, 0.25) is 0 Å². The first kappa shape index (κ1) is 15.0. The molecule has 0 bridgehead atoms. The Kier molecular flexibility index (Phi) is 4.87. The fraction of sp³-hybridized carbons (Fsp3) is 0.273. The minimum atomic E-state index is -3.86. The van der Waals surface area contributed by atoms with Crippen molar-refractivity contribution in [3.63, 3.8) is 0 Å². The fourth-order valence-electron chi connectivity index (χ4n) is 1.30. The summed E-state index contributed by atoms with van der Waals surface area (Å²) in [6, 6.07) is 5.09. The Labute approximate surface area is 111 Å². The van der Waals surface area contributed by atoms with Gasteiger partial charge < -0.3 is 10.4 Å². The van der Waals surface area contributed by atoms with Gasteiger partial charge in [-0.15, -0.1) is 0 Å². The van der Waals surface area contributed by atoms with Gasteiger partial charge in [0.25, 0.3) is 10.0 Å². The normalized spacial score (nSPS) is 12.0. The number of carbonyl (C=O) groups is 1. The van der Waals surface area contributed by atoms with E-state index >= 15 is 0 Å². The third-order valence-electron chi connectivity index (χ3n) is 2.18. The monoisotopic (exact) mass is 285 g/mol. The van der Waals surface area contributed by atoms with Crippen LogP contribution in [0.1, 0.15) is 17.3 Å². The molecular weight excluding hydrogens is 270 g/mol. The van der Waals surface area contributed by atoms with Crippen molar-refractivity contribution >= 4 is 22.0 Å². The van der Waals surface area contributed by atoms with Crippen LogP contribution in [-0.4, -0.2) is 39.0 Å². The van der Waals surface area contributed by atoms with Crippen LogP contribution >= 0.6 is 0 Å². The van der Waals surface area contributed by atoms with Gasteiger partial charge in [0.2, 0.25) is 5.96 Å². The lowest BCUT2D eigenvalue weighted by molar-refractivity contribution is 0.0696. The van der Waals surface area contributed by atoms with Gasteiger partial charge in [0, 0.05) is 13.6 Å². The lowest BCUT2D eigenvalue weighted by atomic mass is 10.2. The molecule has 3 N–H and O–H groups in total. The zero-order chi connectivity index (χ0) is 14.5. The molecule has 0 saturated heterocycles. The maximum atomic E-state index is 12.0. The van der Waals surface area contributed by atoms with Crippen molar-refractivity contribution in [2.45, 2.75) is 11.8 Å². The maximum absolute atomic E-state index is 12.0. The molecule has 0 aliphatic heterocycles. The van der Waals surface area contributed by atoms with Gasteiger partial charge in [-0.2, -0.15) is 0 Å². The maximum Gasteiger partial charge on any atom is 0.335 e. The molecule has 104 valence electrons. The molecule has 0 fully saturated rings. The highest BCUT2D eigenvalue weighted by Gasteiger charge is 2.17. The zero-order valence-electron chi connectivity index (χ0n) is 10.5. The van der Waals surface area contributed by atoms with Crippen LogP contribution in [0.5, 0.6) is 0 Å². The van der Waals surface area contributed by atoms with Crippen molar-refractivity contribution in [1.29, 1.82) is 0 Å². The number of carboxylic acid groups (broad SMARTS) is 1. The van der Waals surface area contributed by atoms with Crippen LogP contribution in [0.4, 0.5) is 0 Å². The predicted molar refractivity (Wildman–Crippen MR) is 70.8 cm³/mol. The highest BCUT2D eigenvalue weighted by Crippen LogP contribution is 2.11. The quantitative estimate of drug-likeness (QED) is 0.543. The van der Waals surface area contributed by atoms with Gasteiger partial charge in [0.05, 0.1) is 10.5 Å². The van der Waals surface area contributed by atoms with Crippen LogP contribution in [0.15, 0.2) is 34.2 Å². The summed E-state index contributed by atoms with van der Waals surface area (Å²) in [6.45, 7) is 2.17. The molecule has 8 heteroatoms. The number of hydrogen-bond donors (Lipinski definition) is 3. The molecule has 0 aliphatic rings. The zero-order valence-corrected chi connectivity index (χ0v) is 11.4. The summed E-state index contributed by atoms with van der Waals surface area (Å²) in [5.74, 6) is -1.09. The number of hydrogen-bond acceptors (Lipinski definition) is 4.